The highest BCUT2D eigenvalue weighted by atomic mass is 19.4. The van der Waals surface area contributed by atoms with Crippen LogP contribution in [0.2, 0.25) is 0 Å². The Hall–Kier alpha value is -3.80. The minimum atomic E-state index is -4.47. The molecule has 0 radical (unpaired) electrons. The van der Waals surface area contributed by atoms with E-state index < -0.39 is 41.7 Å². The van der Waals surface area contributed by atoms with Gasteiger partial charge in [-0.3, -0.25) is 14.5 Å². The van der Waals surface area contributed by atoms with Crippen molar-refractivity contribution in [3.05, 3.63) is 70.8 Å². The molecule has 1 unspecified atom stereocenters. The predicted molar refractivity (Wildman–Crippen MR) is 113 cm³/mol. The molecule has 0 aromatic heterocycles. The number of carbonyl (C=O) groups excluding carboxylic acids is 3. The fourth-order valence-electron chi connectivity index (χ4n) is 4.22. The summed E-state index contributed by atoms with van der Waals surface area (Å²) in [4.78, 5) is 38.9. The second-order valence-corrected chi connectivity index (χ2v) is 7.89. The zero-order valence-corrected chi connectivity index (χ0v) is 17.5. The van der Waals surface area contributed by atoms with E-state index in [4.69, 9.17) is 0 Å². The Morgan fingerprint density at radius 3 is 2.73 bits per heavy atom. The second kappa shape index (κ2) is 8.62. The van der Waals surface area contributed by atoms with Crippen molar-refractivity contribution >= 4 is 17.8 Å². The van der Waals surface area contributed by atoms with E-state index >= 15 is 0 Å². The number of alkyl halides is 3. The number of fused-ring (bicyclic) bond motifs is 2. The van der Waals surface area contributed by atoms with E-state index in [0.29, 0.717) is 6.42 Å². The number of hydrogen-bond donors (Lipinski definition) is 2. The SMILES string of the molecule is O=C(CN1C(=O)NC2(CCCc3ccccc32)C1=O)NCC#Cc1cccc(C(F)(F)F)c1. The van der Waals surface area contributed by atoms with E-state index in [-0.39, 0.29) is 12.1 Å². The third kappa shape index (κ3) is 4.42. The summed E-state index contributed by atoms with van der Waals surface area (Å²) in [6.45, 7) is -0.619. The zero-order valence-electron chi connectivity index (χ0n) is 17.5. The van der Waals surface area contributed by atoms with E-state index in [0.717, 1.165) is 41.0 Å². The van der Waals surface area contributed by atoms with Crippen molar-refractivity contribution in [2.24, 2.45) is 0 Å². The van der Waals surface area contributed by atoms with E-state index in [9.17, 15) is 27.6 Å². The molecule has 170 valence electrons. The van der Waals surface area contributed by atoms with Crippen molar-refractivity contribution in [2.45, 2.75) is 31.0 Å². The molecule has 2 aromatic rings. The molecule has 4 rings (SSSR count). The molecular formula is C24H20F3N3O3. The van der Waals surface area contributed by atoms with Gasteiger partial charge in [-0.05, 0) is 48.6 Å². The summed E-state index contributed by atoms with van der Waals surface area (Å²) in [5.41, 5.74) is -0.0607. The van der Waals surface area contributed by atoms with Gasteiger partial charge in [0.25, 0.3) is 5.91 Å². The van der Waals surface area contributed by atoms with Crippen molar-refractivity contribution < 1.29 is 27.6 Å². The average Bonchev–Trinajstić information content (AvgIpc) is 3.01. The first-order valence-electron chi connectivity index (χ1n) is 10.4. The summed E-state index contributed by atoms with van der Waals surface area (Å²) < 4.78 is 38.3. The number of benzene rings is 2. The summed E-state index contributed by atoms with van der Waals surface area (Å²) in [5, 5.41) is 5.24. The van der Waals surface area contributed by atoms with Crippen LogP contribution in [0.25, 0.3) is 0 Å². The van der Waals surface area contributed by atoms with Crippen molar-refractivity contribution in [1.29, 1.82) is 0 Å². The lowest BCUT2D eigenvalue weighted by Gasteiger charge is -2.33. The van der Waals surface area contributed by atoms with E-state index in [1.54, 1.807) is 0 Å². The number of halogens is 3. The van der Waals surface area contributed by atoms with Crippen LogP contribution in [0.3, 0.4) is 0 Å². The quantitative estimate of drug-likeness (QED) is 0.552. The standard InChI is InChI=1S/C24H20F3N3O3/c25-24(26,27)18-10-3-6-16(14-18)7-5-13-28-20(31)15-30-21(32)23(29-22(30)33)12-4-9-17-8-1-2-11-19(17)23/h1-3,6,8,10-11,14H,4,9,12-13,15H2,(H,28,31)(H,29,33). The lowest BCUT2D eigenvalue weighted by Crippen LogP contribution is -2.47. The fraction of sp³-hybridized carbons (Fsp3) is 0.292. The van der Waals surface area contributed by atoms with Gasteiger partial charge in [-0.15, -0.1) is 0 Å². The molecule has 2 N–H and O–H groups in total. The Kier molecular flexibility index (Phi) is 5.85. The third-order valence-corrected chi connectivity index (χ3v) is 5.75. The molecule has 1 spiro atoms. The van der Waals surface area contributed by atoms with Crippen LogP contribution in [-0.2, 0) is 27.7 Å². The van der Waals surface area contributed by atoms with Crippen LogP contribution in [0, 0.1) is 11.8 Å². The molecule has 0 bridgehead atoms. The van der Waals surface area contributed by atoms with Crippen LogP contribution in [0.5, 0.6) is 0 Å². The second-order valence-electron chi connectivity index (χ2n) is 7.89. The van der Waals surface area contributed by atoms with Gasteiger partial charge in [0.1, 0.15) is 12.1 Å². The molecule has 1 aliphatic carbocycles. The van der Waals surface area contributed by atoms with E-state index in [1.807, 2.05) is 24.3 Å². The van der Waals surface area contributed by atoms with E-state index in [2.05, 4.69) is 22.5 Å². The normalized spacial score (nSPS) is 19.5. The Balaban J connectivity index is 1.38. The highest BCUT2D eigenvalue weighted by Crippen LogP contribution is 2.39. The van der Waals surface area contributed by atoms with Crippen molar-refractivity contribution in [1.82, 2.24) is 15.5 Å². The van der Waals surface area contributed by atoms with Gasteiger partial charge in [-0.1, -0.05) is 42.2 Å². The molecule has 33 heavy (non-hydrogen) atoms. The summed E-state index contributed by atoms with van der Waals surface area (Å²) in [6, 6.07) is 11.3. The zero-order chi connectivity index (χ0) is 23.6. The highest BCUT2D eigenvalue weighted by Gasteiger charge is 2.54. The van der Waals surface area contributed by atoms with Crippen molar-refractivity contribution in [3.8, 4) is 11.8 Å². The molecule has 0 saturated carbocycles. The molecule has 2 aromatic carbocycles. The topological polar surface area (TPSA) is 78.5 Å². The Morgan fingerprint density at radius 1 is 1.15 bits per heavy atom. The van der Waals surface area contributed by atoms with Gasteiger partial charge < -0.3 is 10.6 Å². The maximum absolute atomic E-state index is 13.2. The number of rotatable bonds is 3. The molecule has 2 aliphatic rings. The molecule has 6 nitrogen and oxygen atoms in total. The van der Waals surface area contributed by atoms with Gasteiger partial charge in [0.15, 0.2) is 0 Å². The minimum Gasteiger partial charge on any atom is -0.344 e. The summed E-state index contributed by atoms with van der Waals surface area (Å²) >= 11 is 0. The number of urea groups is 1. The van der Waals surface area contributed by atoms with E-state index in [1.165, 1.54) is 12.1 Å². The highest BCUT2D eigenvalue weighted by molar-refractivity contribution is 6.09. The predicted octanol–water partition coefficient (Wildman–Crippen LogP) is 2.96. The van der Waals surface area contributed by atoms with Gasteiger partial charge in [0.05, 0.1) is 12.1 Å². The largest absolute Gasteiger partial charge is 0.416 e. The first-order chi connectivity index (χ1) is 15.7. The van der Waals surface area contributed by atoms with Crippen molar-refractivity contribution in [3.63, 3.8) is 0 Å². The first kappa shape index (κ1) is 22.4. The number of carbonyl (C=O) groups is 3. The minimum absolute atomic E-state index is 0.146. The van der Waals surface area contributed by atoms with Crippen molar-refractivity contribution in [2.75, 3.05) is 13.1 Å². The molecular weight excluding hydrogens is 435 g/mol. The van der Waals surface area contributed by atoms with Crippen LogP contribution in [-0.4, -0.2) is 35.8 Å². The van der Waals surface area contributed by atoms with Gasteiger partial charge in [0.2, 0.25) is 5.91 Å². The number of imide groups is 1. The van der Waals surface area contributed by atoms with Crippen LogP contribution in [0.1, 0.15) is 35.1 Å². The fourth-order valence-corrected chi connectivity index (χ4v) is 4.22. The lowest BCUT2D eigenvalue weighted by atomic mass is 9.76. The van der Waals surface area contributed by atoms with Crippen LogP contribution in [0.15, 0.2) is 48.5 Å². The summed E-state index contributed by atoms with van der Waals surface area (Å²) in [7, 11) is 0. The molecule has 1 saturated heterocycles. The number of amides is 4. The first-order valence-corrected chi connectivity index (χ1v) is 10.4. The van der Waals surface area contributed by atoms with Gasteiger partial charge in [-0.25, -0.2) is 4.79 Å². The average molecular weight is 455 g/mol. The summed E-state index contributed by atoms with van der Waals surface area (Å²) in [5.74, 6) is 4.07. The maximum atomic E-state index is 13.2. The molecule has 1 aliphatic heterocycles. The molecule has 4 amide bonds. The molecule has 1 atom stereocenters. The number of nitrogens with one attached hydrogen (secondary N) is 2. The smallest absolute Gasteiger partial charge is 0.344 e. The van der Waals surface area contributed by atoms with Gasteiger partial charge >= 0.3 is 12.2 Å². The van der Waals surface area contributed by atoms with Crippen LogP contribution in [0.4, 0.5) is 18.0 Å². The number of hydrogen-bond acceptors (Lipinski definition) is 3. The Morgan fingerprint density at radius 2 is 1.94 bits per heavy atom. The molecule has 1 heterocycles. The van der Waals surface area contributed by atoms with Crippen LogP contribution < -0.4 is 10.6 Å². The maximum Gasteiger partial charge on any atom is 0.416 e. The lowest BCUT2D eigenvalue weighted by molar-refractivity contribution is -0.137. The summed E-state index contributed by atoms with van der Waals surface area (Å²) in [6.07, 6.45) is -2.47. The van der Waals surface area contributed by atoms with Gasteiger partial charge in [0, 0.05) is 5.56 Å². The van der Waals surface area contributed by atoms with Crippen LogP contribution >= 0.6 is 0 Å². The van der Waals surface area contributed by atoms with Gasteiger partial charge in [-0.2, -0.15) is 13.2 Å². The Labute approximate surface area is 188 Å². The Bertz CT molecular complexity index is 1180. The third-order valence-electron chi connectivity index (χ3n) is 5.75. The number of nitrogens with zero attached hydrogens (tertiary/aromatic N) is 1. The molecule has 9 heteroatoms. The monoisotopic (exact) mass is 455 g/mol. The molecule has 1 fully saturated rings. The number of aryl methyl sites for hydroxylation is 1.